The highest BCUT2D eigenvalue weighted by molar-refractivity contribution is 14.1. The molecule has 0 bridgehead atoms. The van der Waals surface area contributed by atoms with Gasteiger partial charge in [0.15, 0.2) is 5.16 Å². The number of aromatic nitrogens is 2. The third-order valence-electron chi connectivity index (χ3n) is 3.64. The van der Waals surface area contributed by atoms with E-state index >= 15 is 0 Å². The molecule has 2 aromatic carbocycles. The average Bonchev–Trinajstić information content (AvgIpc) is 2.56. The Morgan fingerprint density at radius 1 is 1.24 bits per heavy atom. The Labute approximate surface area is 162 Å². The number of halogens is 1. The first-order valence-corrected chi connectivity index (χ1v) is 9.68. The molecule has 0 aliphatic heterocycles. The van der Waals surface area contributed by atoms with E-state index in [0.717, 1.165) is 20.4 Å². The van der Waals surface area contributed by atoms with Crippen molar-refractivity contribution < 1.29 is 4.79 Å². The number of rotatable bonds is 4. The Hall–Kier alpha value is -1.87. The lowest BCUT2D eigenvalue weighted by Crippen LogP contribution is -2.16. The Balaban J connectivity index is 1.70. The highest BCUT2D eigenvalue weighted by Crippen LogP contribution is 2.19. The minimum atomic E-state index is -0.194. The lowest BCUT2D eigenvalue weighted by Gasteiger charge is -2.09. The quantitative estimate of drug-likeness (QED) is 0.349. The van der Waals surface area contributed by atoms with Gasteiger partial charge in [0.1, 0.15) is 0 Å². The Bertz CT molecular complexity index is 1020. The van der Waals surface area contributed by atoms with E-state index in [0.29, 0.717) is 16.1 Å². The molecular weight excluding hydrogens is 449 g/mol. The van der Waals surface area contributed by atoms with Crippen LogP contribution in [0.1, 0.15) is 11.1 Å². The van der Waals surface area contributed by atoms with Gasteiger partial charge in [-0.15, -0.1) is 0 Å². The minimum Gasteiger partial charge on any atom is -0.325 e. The van der Waals surface area contributed by atoms with E-state index in [1.54, 1.807) is 6.07 Å². The summed E-state index contributed by atoms with van der Waals surface area (Å²) in [5, 5.41) is 3.88. The lowest BCUT2D eigenvalue weighted by molar-refractivity contribution is -0.113. The number of nitrogens with zero attached hydrogens (tertiary/aromatic N) is 1. The molecular formula is C18H16IN3O2S. The van der Waals surface area contributed by atoms with Gasteiger partial charge in [0.2, 0.25) is 5.91 Å². The molecule has 0 radical (unpaired) electrons. The maximum Gasteiger partial charge on any atom is 0.259 e. The molecule has 0 saturated heterocycles. The zero-order valence-electron chi connectivity index (χ0n) is 13.7. The summed E-state index contributed by atoms with van der Waals surface area (Å²) in [7, 11) is 0. The number of anilines is 1. The second-order valence-electron chi connectivity index (χ2n) is 5.69. The number of hydrogen-bond donors (Lipinski definition) is 2. The van der Waals surface area contributed by atoms with Crippen LogP contribution in [0.3, 0.4) is 0 Å². The van der Waals surface area contributed by atoms with E-state index in [2.05, 4.69) is 37.9 Å². The summed E-state index contributed by atoms with van der Waals surface area (Å²) in [5.74, 6) is 0.0360. The van der Waals surface area contributed by atoms with Crippen LogP contribution < -0.4 is 10.9 Å². The molecule has 0 aliphatic rings. The average molecular weight is 465 g/mol. The van der Waals surface area contributed by atoms with Crippen molar-refractivity contribution in [2.75, 3.05) is 11.1 Å². The van der Waals surface area contributed by atoms with Crippen LogP contribution in [0.2, 0.25) is 0 Å². The first-order valence-electron chi connectivity index (χ1n) is 7.62. The number of aromatic amines is 1. The fourth-order valence-corrected chi connectivity index (χ4v) is 3.59. The third-order valence-corrected chi connectivity index (χ3v) is 5.19. The van der Waals surface area contributed by atoms with E-state index in [1.165, 1.54) is 11.8 Å². The topological polar surface area (TPSA) is 74.8 Å². The maximum absolute atomic E-state index is 12.2. The Morgan fingerprint density at radius 3 is 2.80 bits per heavy atom. The number of carbonyl (C=O) groups is 1. The number of H-pyrrole nitrogens is 1. The summed E-state index contributed by atoms with van der Waals surface area (Å²) in [6.45, 7) is 3.97. The molecule has 3 aromatic rings. The number of aryl methyl sites for hydroxylation is 2. The molecule has 0 fully saturated rings. The van der Waals surface area contributed by atoms with Gasteiger partial charge >= 0.3 is 0 Å². The summed E-state index contributed by atoms with van der Waals surface area (Å²) in [6, 6.07) is 11.4. The highest BCUT2D eigenvalue weighted by Gasteiger charge is 2.09. The fourth-order valence-electron chi connectivity index (χ4n) is 2.43. The van der Waals surface area contributed by atoms with Crippen molar-refractivity contribution in [2.24, 2.45) is 0 Å². The zero-order valence-corrected chi connectivity index (χ0v) is 16.7. The van der Waals surface area contributed by atoms with Crippen molar-refractivity contribution >= 4 is 56.9 Å². The molecule has 0 unspecified atom stereocenters. The standard InChI is InChI=1S/C18H16IN3O2S/c1-10-3-5-14(11(2)7-10)20-16(23)9-25-18-21-15-6-4-12(19)8-13(15)17(24)22-18/h3-8H,9H2,1-2H3,(H,20,23)(H,21,22,24). The van der Waals surface area contributed by atoms with Gasteiger partial charge in [-0.25, -0.2) is 4.98 Å². The zero-order chi connectivity index (χ0) is 18.0. The molecule has 128 valence electrons. The van der Waals surface area contributed by atoms with Crippen molar-refractivity contribution in [1.82, 2.24) is 9.97 Å². The number of nitrogens with one attached hydrogen (secondary N) is 2. The molecule has 0 atom stereocenters. The molecule has 5 nitrogen and oxygen atoms in total. The van der Waals surface area contributed by atoms with Gasteiger partial charge in [0.05, 0.1) is 16.7 Å². The third kappa shape index (κ3) is 4.40. The number of amides is 1. The van der Waals surface area contributed by atoms with Gasteiger partial charge in [-0.3, -0.25) is 9.59 Å². The van der Waals surface area contributed by atoms with E-state index < -0.39 is 0 Å². The first kappa shape index (κ1) is 17.9. The normalized spacial score (nSPS) is 10.8. The van der Waals surface area contributed by atoms with Gasteiger partial charge in [0.25, 0.3) is 5.56 Å². The van der Waals surface area contributed by atoms with Crippen LogP contribution in [0.5, 0.6) is 0 Å². The predicted molar refractivity (Wildman–Crippen MR) is 110 cm³/mol. The van der Waals surface area contributed by atoms with Crippen molar-refractivity contribution in [1.29, 1.82) is 0 Å². The summed E-state index contributed by atoms with van der Waals surface area (Å²) < 4.78 is 0.977. The molecule has 1 heterocycles. The predicted octanol–water partition coefficient (Wildman–Crippen LogP) is 3.88. The summed E-state index contributed by atoms with van der Waals surface area (Å²) >= 11 is 3.36. The molecule has 25 heavy (non-hydrogen) atoms. The van der Waals surface area contributed by atoms with Crippen molar-refractivity contribution in [3.63, 3.8) is 0 Å². The van der Waals surface area contributed by atoms with Gasteiger partial charge in [-0.05, 0) is 66.3 Å². The molecule has 7 heteroatoms. The van der Waals surface area contributed by atoms with Crippen LogP contribution in [0.4, 0.5) is 5.69 Å². The number of benzene rings is 2. The van der Waals surface area contributed by atoms with Crippen LogP contribution in [-0.2, 0) is 4.79 Å². The Morgan fingerprint density at radius 2 is 2.04 bits per heavy atom. The molecule has 1 amide bonds. The van der Waals surface area contributed by atoms with Crippen LogP contribution in [0.15, 0.2) is 46.3 Å². The molecule has 3 rings (SSSR count). The number of carbonyl (C=O) groups excluding carboxylic acids is 1. The summed E-state index contributed by atoms with van der Waals surface area (Å²) in [5.41, 5.74) is 3.40. The second kappa shape index (κ2) is 7.57. The molecule has 1 aromatic heterocycles. The maximum atomic E-state index is 12.2. The van der Waals surface area contributed by atoms with Crippen LogP contribution in [0, 0.1) is 17.4 Å². The molecule has 0 spiro atoms. The summed E-state index contributed by atoms with van der Waals surface area (Å²) in [6.07, 6.45) is 0. The fraction of sp³-hybridized carbons (Fsp3) is 0.167. The SMILES string of the molecule is Cc1ccc(NC(=O)CSc2nc3ccc(I)cc3c(=O)[nH]2)c(C)c1. The largest absolute Gasteiger partial charge is 0.325 e. The smallest absolute Gasteiger partial charge is 0.259 e. The second-order valence-corrected chi connectivity index (χ2v) is 7.90. The monoisotopic (exact) mass is 465 g/mol. The van der Waals surface area contributed by atoms with Gasteiger partial charge in [-0.2, -0.15) is 0 Å². The van der Waals surface area contributed by atoms with Gasteiger partial charge < -0.3 is 10.3 Å². The first-order chi connectivity index (χ1) is 11.9. The molecule has 2 N–H and O–H groups in total. The van der Waals surface area contributed by atoms with Crippen molar-refractivity contribution in [3.05, 3.63) is 61.4 Å². The van der Waals surface area contributed by atoms with E-state index in [9.17, 15) is 9.59 Å². The minimum absolute atomic E-state index is 0.137. The van der Waals surface area contributed by atoms with Gasteiger partial charge in [0, 0.05) is 9.26 Å². The lowest BCUT2D eigenvalue weighted by atomic mass is 10.1. The Kier molecular flexibility index (Phi) is 5.43. The van der Waals surface area contributed by atoms with Gasteiger partial charge in [-0.1, -0.05) is 29.5 Å². The van der Waals surface area contributed by atoms with Crippen LogP contribution >= 0.6 is 34.4 Å². The number of fused-ring (bicyclic) bond motifs is 1. The van der Waals surface area contributed by atoms with E-state index in [-0.39, 0.29) is 17.2 Å². The van der Waals surface area contributed by atoms with E-state index in [1.807, 2.05) is 44.2 Å². The van der Waals surface area contributed by atoms with Crippen molar-refractivity contribution in [2.45, 2.75) is 19.0 Å². The van der Waals surface area contributed by atoms with Crippen LogP contribution in [-0.4, -0.2) is 21.6 Å². The number of thioether (sulfide) groups is 1. The highest BCUT2D eigenvalue weighted by atomic mass is 127. The summed E-state index contributed by atoms with van der Waals surface area (Å²) in [4.78, 5) is 31.5. The van der Waals surface area contributed by atoms with E-state index in [4.69, 9.17) is 0 Å². The van der Waals surface area contributed by atoms with Crippen LogP contribution in [0.25, 0.3) is 10.9 Å². The molecule has 0 aliphatic carbocycles. The van der Waals surface area contributed by atoms with Crippen molar-refractivity contribution in [3.8, 4) is 0 Å². The molecule has 0 saturated carbocycles. The number of hydrogen-bond acceptors (Lipinski definition) is 4.